The number of aryl methyl sites for hydroxylation is 1. The molecule has 2 fully saturated rings. The number of amides is 2. The molecule has 0 aromatic heterocycles. The minimum absolute atomic E-state index is 0.0607. The molecular weight excluding hydrogens is 328 g/mol. The van der Waals surface area contributed by atoms with E-state index in [1.807, 2.05) is 54.0 Å². The maximum Gasteiger partial charge on any atom is 0.256 e. The first kappa shape index (κ1) is 18.9. The summed E-state index contributed by atoms with van der Waals surface area (Å²) in [6.45, 7) is 6.27. The van der Waals surface area contributed by atoms with Gasteiger partial charge in [0.25, 0.3) is 5.91 Å². The number of nitrogens with zero attached hydrogens (tertiary/aromatic N) is 2. The third-order valence-corrected chi connectivity index (χ3v) is 5.51. The number of likely N-dealkylation sites (tertiary alicyclic amines) is 1. The molecule has 0 saturated carbocycles. The minimum atomic E-state index is -0.846. The summed E-state index contributed by atoms with van der Waals surface area (Å²) in [7, 11) is 0. The molecule has 5 heteroatoms. The molecule has 26 heavy (non-hydrogen) atoms. The van der Waals surface area contributed by atoms with Gasteiger partial charge in [0.15, 0.2) is 5.60 Å². The molecule has 1 spiro atoms. The van der Waals surface area contributed by atoms with Gasteiger partial charge in [-0.2, -0.15) is 0 Å². The summed E-state index contributed by atoms with van der Waals surface area (Å²) < 4.78 is 6.04. The van der Waals surface area contributed by atoms with Crippen LogP contribution in [0.15, 0.2) is 30.3 Å². The van der Waals surface area contributed by atoms with Gasteiger partial charge in [0.1, 0.15) is 0 Å². The minimum Gasteiger partial charge on any atom is -0.361 e. The molecule has 2 heterocycles. The van der Waals surface area contributed by atoms with Crippen LogP contribution >= 0.6 is 0 Å². The van der Waals surface area contributed by atoms with E-state index in [2.05, 4.69) is 0 Å². The molecule has 0 N–H and O–H groups in total. The van der Waals surface area contributed by atoms with Crippen LogP contribution in [0.3, 0.4) is 0 Å². The van der Waals surface area contributed by atoms with Crippen molar-refractivity contribution >= 4 is 11.8 Å². The molecule has 2 aliphatic rings. The maximum absolute atomic E-state index is 13.2. The molecule has 1 aromatic carbocycles. The highest BCUT2D eigenvalue weighted by Gasteiger charge is 2.48. The van der Waals surface area contributed by atoms with Gasteiger partial charge in [0.2, 0.25) is 5.91 Å². The molecule has 2 saturated heterocycles. The lowest BCUT2D eigenvalue weighted by molar-refractivity contribution is -0.175. The van der Waals surface area contributed by atoms with Gasteiger partial charge in [0, 0.05) is 25.6 Å². The zero-order valence-electron chi connectivity index (χ0n) is 15.9. The van der Waals surface area contributed by atoms with Crippen LogP contribution in [0.5, 0.6) is 0 Å². The highest BCUT2D eigenvalue weighted by molar-refractivity contribution is 5.87. The van der Waals surface area contributed by atoms with Gasteiger partial charge >= 0.3 is 0 Å². The van der Waals surface area contributed by atoms with Crippen molar-refractivity contribution in [1.82, 2.24) is 9.80 Å². The van der Waals surface area contributed by atoms with E-state index in [-0.39, 0.29) is 17.9 Å². The Morgan fingerprint density at radius 2 is 1.96 bits per heavy atom. The van der Waals surface area contributed by atoms with Crippen molar-refractivity contribution in [3.05, 3.63) is 35.9 Å². The molecule has 5 nitrogen and oxygen atoms in total. The zero-order chi connectivity index (χ0) is 18.6. The summed E-state index contributed by atoms with van der Waals surface area (Å²) in [4.78, 5) is 29.7. The standard InChI is InChI=1S/C21H30N2O3/c1-17(2)23-13-7-6-12-21(20(23)25)16-22(14-15-26-21)19(24)11-10-18-8-4-3-5-9-18/h3-5,8-9,17H,6-7,10-16H2,1-2H3. The Bertz CT molecular complexity index is 631. The van der Waals surface area contributed by atoms with E-state index in [0.29, 0.717) is 32.5 Å². The Labute approximate surface area is 156 Å². The quantitative estimate of drug-likeness (QED) is 0.831. The molecule has 0 aliphatic carbocycles. The molecule has 1 unspecified atom stereocenters. The fourth-order valence-electron chi connectivity index (χ4n) is 3.99. The number of hydrogen-bond donors (Lipinski definition) is 0. The van der Waals surface area contributed by atoms with Crippen molar-refractivity contribution in [3.8, 4) is 0 Å². The van der Waals surface area contributed by atoms with Crippen LogP contribution in [0.4, 0.5) is 0 Å². The summed E-state index contributed by atoms with van der Waals surface area (Å²) in [5, 5.41) is 0. The van der Waals surface area contributed by atoms with E-state index >= 15 is 0 Å². The van der Waals surface area contributed by atoms with Gasteiger partial charge in [-0.15, -0.1) is 0 Å². The normalized spacial score (nSPS) is 24.2. The smallest absolute Gasteiger partial charge is 0.256 e. The first-order valence-electron chi connectivity index (χ1n) is 9.78. The highest BCUT2D eigenvalue weighted by atomic mass is 16.5. The van der Waals surface area contributed by atoms with E-state index in [1.165, 1.54) is 5.56 Å². The number of rotatable bonds is 4. The monoisotopic (exact) mass is 358 g/mol. The van der Waals surface area contributed by atoms with Crippen LogP contribution in [-0.2, 0) is 20.7 Å². The Morgan fingerprint density at radius 1 is 1.19 bits per heavy atom. The Balaban J connectivity index is 1.67. The van der Waals surface area contributed by atoms with Crippen LogP contribution in [0.25, 0.3) is 0 Å². The van der Waals surface area contributed by atoms with Gasteiger partial charge in [-0.3, -0.25) is 9.59 Å². The average molecular weight is 358 g/mol. The van der Waals surface area contributed by atoms with Gasteiger partial charge < -0.3 is 14.5 Å². The van der Waals surface area contributed by atoms with Crippen LogP contribution in [-0.4, -0.2) is 59.5 Å². The average Bonchev–Trinajstić information content (AvgIpc) is 2.80. The third-order valence-electron chi connectivity index (χ3n) is 5.51. The van der Waals surface area contributed by atoms with E-state index in [4.69, 9.17) is 4.74 Å². The van der Waals surface area contributed by atoms with Crippen molar-refractivity contribution in [3.63, 3.8) is 0 Å². The number of ether oxygens (including phenoxy) is 1. The molecule has 1 atom stereocenters. The molecule has 1 aromatic rings. The summed E-state index contributed by atoms with van der Waals surface area (Å²) in [6, 6.07) is 10.2. The number of carbonyl (C=O) groups excluding carboxylic acids is 2. The number of hydrogen-bond acceptors (Lipinski definition) is 3. The second kappa shape index (κ2) is 8.21. The van der Waals surface area contributed by atoms with Crippen molar-refractivity contribution < 1.29 is 14.3 Å². The van der Waals surface area contributed by atoms with Crippen LogP contribution in [0, 0.1) is 0 Å². The molecule has 0 radical (unpaired) electrons. The fourth-order valence-corrected chi connectivity index (χ4v) is 3.99. The van der Waals surface area contributed by atoms with E-state index in [1.54, 1.807) is 0 Å². The SMILES string of the molecule is CC(C)N1CCCCC2(CN(C(=O)CCc3ccccc3)CCO2)C1=O. The topological polar surface area (TPSA) is 49.9 Å². The van der Waals surface area contributed by atoms with Gasteiger partial charge in [-0.05, 0) is 45.1 Å². The third kappa shape index (κ3) is 4.09. The first-order chi connectivity index (χ1) is 12.5. The van der Waals surface area contributed by atoms with Gasteiger partial charge in [-0.1, -0.05) is 30.3 Å². The van der Waals surface area contributed by atoms with Crippen LogP contribution in [0.1, 0.15) is 45.1 Å². The summed E-state index contributed by atoms with van der Waals surface area (Å²) in [6.07, 6.45) is 3.87. The van der Waals surface area contributed by atoms with Gasteiger partial charge in [0.05, 0.1) is 13.2 Å². The second-order valence-corrected chi connectivity index (χ2v) is 7.69. The highest BCUT2D eigenvalue weighted by Crippen LogP contribution is 2.31. The second-order valence-electron chi connectivity index (χ2n) is 7.69. The molecule has 0 bridgehead atoms. The zero-order valence-corrected chi connectivity index (χ0v) is 15.9. The van der Waals surface area contributed by atoms with Crippen LogP contribution in [0.2, 0.25) is 0 Å². The lowest BCUT2D eigenvalue weighted by Gasteiger charge is -2.43. The first-order valence-corrected chi connectivity index (χ1v) is 9.78. The predicted octanol–water partition coefficient (Wildman–Crippen LogP) is 2.64. The molecule has 142 valence electrons. The summed E-state index contributed by atoms with van der Waals surface area (Å²) in [5.74, 6) is 0.176. The van der Waals surface area contributed by atoms with Crippen molar-refractivity contribution in [1.29, 1.82) is 0 Å². The number of carbonyl (C=O) groups is 2. The number of benzene rings is 1. The van der Waals surface area contributed by atoms with E-state index in [9.17, 15) is 9.59 Å². The largest absolute Gasteiger partial charge is 0.361 e. The van der Waals surface area contributed by atoms with E-state index < -0.39 is 5.60 Å². The van der Waals surface area contributed by atoms with Crippen molar-refractivity contribution in [2.45, 2.75) is 57.6 Å². The molecule has 2 amide bonds. The van der Waals surface area contributed by atoms with Crippen LogP contribution < -0.4 is 0 Å². The molecule has 2 aliphatic heterocycles. The number of morpholine rings is 1. The fraction of sp³-hybridized carbons (Fsp3) is 0.619. The van der Waals surface area contributed by atoms with Gasteiger partial charge in [-0.25, -0.2) is 0 Å². The van der Waals surface area contributed by atoms with E-state index in [0.717, 1.165) is 25.8 Å². The molecule has 3 rings (SSSR count). The van der Waals surface area contributed by atoms with Crippen molar-refractivity contribution in [2.75, 3.05) is 26.2 Å². The maximum atomic E-state index is 13.2. The Kier molecular flexibility index (Phi) is 5.97. The lowest BCUT2D eigenvalue weighted by atomic mass is 9.93. The predicted molar refractivity (Wildman–Crippen MR) is 101 cm³/mol. The van der Waals surface area contributed by atoms with Crippen molar-refractivity contribution in [2.24, 2.45) is 0 Å². The molecular formula is C21H30N2O3. The summed E-state index contributed by atoms with van der Waals surface area (Å²) in [5.41, 5.74) is 0.321. The summed E-state index contributed by atoms with van der Waals surface area (Å²) >= 11 is 0. The Hall–Kier alpha value is -1.88. The Morgan fingerprint density at radius 3 is 2.69 bits per heavy atom. The lowest BCUT2D eigenvalue weighted by Crippen LogP contribution is -2.61.